The van der Waals surface area contributed by atoms with Crippen LogP contribution in [0.4, 0.5) is 0 Å². The fourth-order valence-electron chi connectivity index (χ4n) is 0.905. The van der Waals surface area contributed by atoms with E-state index < -0.39 is 5.97 Å². The van der Waals surface area contributed by atoms with Crippen molar-refractivity contribution in [2.45, 2.75) is 13.8 Å². The van der Waals surface area contributed by atoms with E-state index >= 15 is 0 Å². The van der Waals surface area contributed by atoms with Crippen LogP contribution in [-0.4, -0.2) is 16.1 Å². The minimum absolute atomic E-state index is 0.113. The first-order valence-electron chi connectivity index (χ1n) is 3.39. The van der Waals surface area contributed by atoms with Gasteiger partial charge in [0.15, 0.2) is 5.69 Å². The maximum Gasteiger partial charge on any atom is 0.354 e. The highest BCUT2D eigenvalue weighted by Crippen LogP contribution is 2.16. The maximum absolute atomic E-state index is 10.6. The summed E-state index contributed by atoms with van der Waals surface area (Å²) in [5.74, 6) is -0.989. The van der Waals surface area contributed by atoms with Crippen LogP contribution < -0.4 is 0 Å². The topological polar surface area (TPSA) is 50.2 Å². The molecule has 4 heteroatoms. The van der Waals surface area contributed by atoms with Gasteiger partial charge in [-0.3, -0.25) is 0 Å². The second kappa shape index (κ2) is 3.23. The Kier molecular flexibility index (Phi) is 2.47. The number of carbonyl (C=O) groups is 1. The molecule has 0 fully saturated rings. The van der Waals surface area contributed by atoms with E-state index in [0.717, 1.165) is 5.56 Å². The van der Waals surface area contributed by atoms with E-state index in [0.29, 0.717) is 10.2 Å². The number of aryl methyl sites for hydroxylation is 1. The number of hydrogen-bond donors (Lipinski definition) is 1. The SMILES string of the molecule is Cc1cc(Br)nc(C(=O)O)c1C. The number of carboxylic acids is 1. The van der Waals surface area contributed by atoms with Gasteiger partial charge in [0, 0.05) is 0 Å². The molecule has 1 N–H and O–H groups in total. The summed E-state index contributed by atoms with van der Waals surface area (Å²) in [4.78, 5) is 14.5. The molecule has 1 aromatic rings. The molecule has 1 rings (SSSR count). The molecular weight excluding hydrogens is 222 g/mol. The van der Waals surface area contributed by atoms with Crippen LogP contribution in [0, 0.1) is 13.8 Å². The molecule has 1 aromatic heterocycles. The van der Waals surface area contributed by atoms with Gasteiger partial charge in [-0.25, -0.2) is 9.78 Å². The Morgan fingerprint density at radius 2 is 2.17 bits per heavy atom. The van der Waals surface area contributed by atoms with Gasteiger partial charge in [0.05, 0.1) is 0 Å². The molecule has 0 bridgehead atoms. The Bertz CT molecular complexity index is 336. The zero-order valence-corrected chi connectivity index (χ0v) is 8.34. The number of pyridine rings is 1. The van der Waals surface area contributed by atoms with Crippen molar-refractivity contribution in [2.24, 2.45) is 0 Å². The second-order valence-electron chi connectivity index (χ2n) is 2.54. The lowest BCUT2D eigenvalue weighted by atomic mass is 10.1. The zero-order valence-electron chi connectivity index (χ0n) is 6.76. The van der Waals surface area contributed by atoms with Gasteiger partial charge in [-0.1, -0.05) is 0 Å². The van der Waals surface area contributed by atoms with Gasteiger partial charge in [0.25, 0.3) is 0 Å². The normalized spacial score (nSPS) is 9.92. The van der Waals surface area contributed by atoms with E-state index in [2.05, 4.69) is 20.9 Å². The average molecular weight is 230 g/mol. The Balaban J connectivity index is 3.37. The van der Waals surface area contributed by atoms with Gasteiger partial charge in [-0.15, -0.1) is 0 Å². The van der Waals surface area contributed by atoms with E-state index in [1.54, 1.807) is 13.0 Å². The number of nitrogens with zero attached hydrogens (tertiary/aromatic N) is 1. The minimum Gasteiger partial charge on any atom is -0.477 e. The van der Waals surface area contributed by atoms with Crippen molar-refractivity contribution >= 4 is 21.9 Å². The molecular formula is C8H8BrNO2. The third-order valence-corrected chi connectivity index (χ3v) is 2.11. The van der Waals surface area contributed by atoms with Crippen molar-refractivity contribution < 1.29 is 9.90 Å². The van der Waals surface area contributed by atoms with Crippen LogP contribution in [0.3, 0.4) is 0 Å². The van der Waals surface area contributed by atoms with Crippen molar-refractivity contribution in [1.82, 2.24) is 4.98 Å². The Morgan fingerprint density at radius 3 is 2.67 bits per heavy atom. The first-order valence-corrected chi connectivity index (χ1v) is 4.18. The fourth-order valence-corrected chi connectivity index (χ4v) is 1.43. The molecule has 0 aliphatic rings. The summed E-state index contributed by atoms with van der Waals surface area (Å²) in [6.07, 6.45) is 0. The molecule has 0 amide bonds. The summed E-state index contributed by atoms with van der Waals surface area (Å²) < 4.78 is 0.558. The molecule has 0 aliphatic heterocycles. The molecule has 0 radical (unpaired) electrons. The number of hydrogen-bond acceptors (Lipinski definition) is 2. The van der Waals surface area contributed by atoms with Crippen LogP contribution in [0.1, 0.15) is 21.6 Å². The summed E-state index contributed by atoms with van der Waals surface area (Å²) in [7, 11) is 0. The first kappa shape index (κ1) is 9.19. The highest BCUT2D eigenvalue weighted by molar-refractivity contribution is 9.10. The van der Waals surface area contributed by atoms with Crippen LogP contribution >= 0.6 is 15.9 Å². The van der Waals surface area contributed by atoms with Crippen molar-refractivity contribution in [3.63, 3.8) is 0 Å². The van der Waals surface area contributed by atoms with Gasteiger partial charge in [0.2, 0.25) is 0 Å². The lowest BCUT2D eigenvalue weighted by molar-refractivity contribution is 0.0689. The van der Waals surface area contributed by atoms with Gasteiger partial charge < -0.3 is 5.11 Å². The van der Waals surface area contributed by atoms with E-state index in [1.807, 2.05) is 6.92 Å². The Labute approximate surface area is 78.6 Å². The molecule has 0 atom stereocenters. The molecule has 64 valence electrons. The molecule has 0 spiro atoms. The van der Waals surface area contributed by atoms with Crippen molar-refractivity contribution in [1.29, 1.82) is 0 Å². The highest BCUT2D eigenvalue weighted by atomic mass is 79.9. The maximum atomic E-state index is 10.6. The number of carboxylic acid groups (broad SMARTS) is 1. The van der Waals surface area contributed by atoms with Crippen molar-refractivity contribution in [3.05, 3.63) is 27.5 Å². The van der Waals surface area contributed by atoms with Crippen molar-refractivity contribution in [3.8, 4) is 0 Å². The quantitative estimate of drug-likeness (QED) is 0.752. The minimum atomic E-state index is -0.989. The van der Waals surface area contributed by atoms with Gasteiger partial charge in [-0.05, 0) is 47.0 Å². The van der Waals surface area contributed by atoms with Crippen molar-refractivity contribution in [2.75, 3.05) is 0 Å². The van der Waals surface area contributed by atoms with E-state index in [4.69, 9.17) is 5.11 Å². The Hall–Kier alpha value is -0.900. The molecule has 0 aliphatic carbocycles. The largest absolute Gasteiger partial charge is 0.477 e. The lowest BCUT2D eigenvalue weighted by Crippen LogP contribution is -2.05. The monoisotopic (exact) mass is 229 g/mol. The third kappa shape index (κ3) is 1.64. The van der Waals surface area contributed by atoms with E-state index in [-0.39, 0.29) is 5.69 Å². The fraction of sp³-hybridized carbons (Fsp3) is 0.250. The summed E-state index contributed by atoms with van der Waals surface area (Å²) in [5, 5.41) is 8.73. The molecule has 0 saturated heterocycles. The van der Waals surface area contributed by atoms with Crippen LogP contribution in [0.15, 0.2) is 10.7 Å². The molecule has 0 aromatic carbocycles. The van der Waals surface area contributed by atoms with Gasteiger partial charge in [-0.2, -0.15) is 0 Å². The highest BCUT2D eigenvalue weighted by Gasteiger charge is 2.11. The van der Waals surface area contributed by atoms with Crippen LogP contribution in [0.25, 0.3) is 0 Å². The summed E-state index contributed by atoms with van der Waals surface area (Å²) in [6, 6.07) is 1.79. The number of aromatic carboxylic acids is 1. The summed E-state index contributed by atoms with van der Waals surface area (Å²) >= 11 is 3.14. The molecule has 0 unspecified atom stereocenters. The number of halogens is 1. The standard InChI is InChI=1S/C8H8BrNO2/c1-4-3-6(9)10-7(5(4)2)8(11)12/h3H,1-2H3,(H,11,12). The predicted octanol–water partition coefficient (Wildman–Crippen LogP) is 2.16. The van der Waals surface area contributed by atoms with Gasteiger partial charge >= 0.3 is 5.97 Å². The average Bonchev–Trinajstić information content (AvgIpc) is 1.96. The first-order chi connectivity index (χ1) is 5.52. The molecule has 12 heavy (non-hydrogen) atoms. The number of aromatic nitrogens is 1. The number of rotatable bonds is 1. The van der Waals surface area contributed by atoms with Crippen LogP contribution in [0.5, 0.6) is 0 Å². The van der Waals surface area contributed by atoms with Gasteiger partial charge in [0.1, 0.15) is 4.60 Å². The smallest absolute Gasteiger partial charge is 0.354 e. The van der Waals surface area contributed by atoms with Crippen LogP contribution in [0.2, 0.25) is 0 Å². The molecule has 3 nitrogen and oxygen atoms in total. The lowest BCUT2D eigenvalue weighted by Gasteiger charge is -2.03. The summed E-state index contributed by atoms with van der Waals surface area (Å²) in [5.41, 5.74) is 1.75. The predicted molar refractivity (Wildman–Crippen MR) is 48.4 cm³/mol. The van der Waals surface area contributed by atoms with Crippen LogP contribution in [-0.2, 0) is 0 Å². The van der Waals surface area contributed by atoms with E-state index in [1.165, 1.54) is 0 Å². The molecule has 0 saturated carbocycles. The summed E-state index contributed by atoms with van der Waals surface area (Å²) in [6.45, 7) is 3.60. The Morgan fingerprint density at radius 1 is 1.58 bits per heavy atom. The second-order valence-corrected chi connectivity index (χ2v) is 3.35. The van der Waals surface area contributed by atoms with E-state index in [9.17, 15) is 4.79 Å². The third-order valence-electron chi connectivity index (χ3n) is 1.70. The zero-order chi connectivity index (χ0) is 9.30. The molecule has 1 heterocycles.